The summed E-state index contributed by atoms with van der Waals surface area (Å²) in [5, 5.41) is 23.0. The lowest BCUT2D eigenvalue weighted by atomic mass is 10.0. The van der Waals surface area contributed by atoms with Crippen LogP contribution in [0.1, 0.15) is 239 Å². The first-order valence-corrected chi connectivity index (χ1v) is 22.1. The van der Waals surface area contributed by atoms with Crippen molar-refractivity contribution in [3.63, 3.8) is 0 Å². The number of hydrogen-bond donors (Lipinski definition) is 3. The maximum Gasteiger partial charge on any atom is 0.220 e. The molecule has 0 aromatic rings. The average molecular weight is 690 g/mol. The van der Waals surface area contributed by atoms with Gasteiger partial charge in [0.05, 0.1) is 18.8 Å². The van der Waals surface area contributed by atoms with Crippen LogP contribution in [0.4, 0.5) is 0 Å². The van der Waals surface area contributed by atoms with Crippen LogP contribution in [0.25, 0.3) is 0 Å². The molecular formula is C45H87NO3. The van der Waals surface area contributed by atoms with Gasteiger partial charge in [-0.25, -0.2) is 0 Å². The van der Waals surface area contributed by atoms with E-state index in [1.807, 2.05) is 6.08 Å². The number of amides is 1. The molecule has 0 spiro atoms. The number of carbonyl (C=O) groups excluding carboxylic acids is 1. The van der Waals surface area contributed by atoms with Crippen molar-refractivity contribution in [1.29, 1.82) is 0 Å². The number of unbranched alkanes of at least 4 members (excludes halogenated alkanes) is 31. The molecule has 0 aromatic heterocycles. The first kappa shape index (κ1) is 47.9. The van der Waals surface area contributed by atoms with E-state index in [4.69, 9.17) is 0 Å². The second kappa shape index (κ2) is 41.3. The van der Waals surface area contributed by atoms with Crippen molar-refractivity contribution >= 4 is 5.91 Å². The van der Waals surface area contributed by atoms with E-state index in [1.165, 1.54) is 186 Å². The highest BCUT2D eigenvalue weighted by atomic mass is 16.3. The van der Waals surface area contributed by atoms with Crippen LogP contribution in [0.2, 0.25) is 0 Å². The van der Waals surface area contributed by atoms with E-state index in [-0.39, 0.29) is 12.5 Å². The van der Waals surface area contributed by atoms with Crippen molar-refractivity contribution in [2.24, 2.45) is 0 Å². The smallest absolute Gasteiger partial charge is 0.220 e. The standard InChI is InChI=1S/C45H87NO3/c1-3-5-7-9-11-13-15-17-19-20-21-22-23-24-25-27-28-30-32-34-36-38-40-44(48)43(42-47)46-45(49)41-39-37-35-33-31-29-26-18-16-14-12-10-8-6-4-2/h30,32,38,40,43-44,47-48H,3-29,31,33-37,39,41-42H2,1-2H3,(H,46,49)/b32-30+,40-38+. The lowest BCUT2D eigenvalue weighted by Crippen LogP contribution is -2.45. The average Bonchev–Trinajstić information content (AvgIpc) is 3.10. The normalized spacial score (nSPS) is 13.1. The minimum atomic E-state index is -0.857. The number of rotatable bonds is 40. The lowest BCUT2D eigenvalue weighted by molar-refractivity contribution is -0.123. The summed E-state index contributed by atoms with van der Waals surface area (Å²) in [6.45, 7) is 4.31. The zero-order valence-corrected chi connectivity index (χ0v) is 33.2. The maximum atomic E-state index is 12.4. The van der Waals surface area contributed by atoms with Crippen molar-refractivity contribution in [2.45, 2.75) is 251 Å². The molecule has 2 unspecified atom stereocenters. The third kappa shape index (κ3) is 37.9. The van der Waals surface area contributed by atoms with Gasteiger partial charge in [-0.15, -0.1) is 0 Å². The molecule has 0 aliphatic rings. The molecule has 1 amide bonds. The van der Waals surface area contributed by atoms with Crippen LogP contribution >= 0.6 is 0 Å². The first-order valence-electron chi connectivity index (χ1n) is 22.1. The van der Waals surface area contributed by atoms with Crippen molar-refractivity contribution in [3.05, 3.63) is 24.3 Å². The van der Waals surface area contributed by atoms with Gasteiger partial charge in [0.1, 0.15) is 0 Å². The van der Waals surface area contributed by atoms with Gasteiger partial charge < -0.3 is 15.5 Å². The molecule has 0 radical (unpaired) electrons. The third-order valence-electron chi connectivity index (χ3n) is 10.2. The number of hydrogen-bond acceptors (Lipinski definition) is 3. The molecule has 2 atom stereocenters. The molecule has 0 saturated carbocycles. The van der Waals surface area contributed by atoms with Gasteiger partial charge in [-0.1, -0.05) is 224 Å². The number of nitrogens with one attached hydrogen (secondary N) is 1. The van der Waals surface area contributed by atoms with E-state index in [2.05, 4.69) is 31.3 Å². The summed E-state index contributed by atoms with van der Waals surface area (Å²) in [7, 11) is 0. The zero-order valence-electron chi connectivity index (χ0n) is 33.2. The fraction of sp³-hybridized carbons (Fsp3) is 0.889. The van der Waals surface area contributed by atoms with Gasteiger partial charge in [0, 0.05) is 6.42 Å². The summed E-state index contributed by atoms with van der Waals surface area (Å²) in [4.78, 5) is 12.4. The molecule has 3 N–H and O–H groups in total. The van der Waals surface area contributed by atoms with Crippen LogP contribution in [-0.2, 0) is 4.79 Å². The second-order valence-corrected chi connectivity index (χ2v) is 15.1. The van der Waals surface area contributed by atoms with Crippen LogP contribution in [0.15, 0.2) is 24.3 Å². The van der Waals surface area contributed by atoms with Gasteiger partial charge in [0.25, 0.3) is 0 Å². The Morgan fingerprint density at radius 3 is 1.18 bits per heavy atom. The fourth-order valence-electron chi connectivity index (χ4n) is 6.78. The van der Waals surface area contributed by atoms with Gasteiger partial charge in [-0.05, 0) is 32.1 Å². The molecule has 0 aliphatic carbocycles. The van der Waals surface area contributed by atoms with E-state index in [1.54, 1.807) is 6.08 Å². The van der Waals surface area contributed by atoms with Crippen molar-refractivity contribution in [2.75, 3.05) is 6.61 Å². The Morgan fingerprint density at radius 2 is 0.796 bits per heavy atom. The Balaban J connectivity index is 3.58. The summed E-state index contributed by atoms with van der Waals surface area (Å²) in [6, 6.07) is -0.634. The summed E-state index contributed by atoms with van der Waals surface area (Å²) < 4.78 is 0. The number of aliphatic hydroxyl groups is 2. The molecule has 0 rings (SSSR count). The van der Waals surface area contributed by atoms with E-state index < -0.39 is 12.1 Å². The Labute approximate surface area is 307 Å². The summed E-state index contributed by atoms with van der Waals surface area (Å²) in [6.07, 6.45) is 52.9. The van der Waals surface area contributed by atoms with Crippen molar-refractivity contribution in [1.82, 2.24) is 5.32 Å². The molecule has 4 heteroatoms. The van der Waals surface area contributed by atoms with Crippen molar-refractivity contribution < 1.29 is 15.0 Å². The van der Waals surface area contributed by atoms with Crippen LogP contribution in [0.3, 0.4) is 0 Å². The van der Waals surface area contributed by atoms with Gasteiger partial charge >= 0.3 is 0 Å². The summed E-state index contributed by atoms with van der Waals surface area (Å²) >= 11 is 0. The van der Waals surface area contributed by atoms with Crippen LogP contribution in [0, 0.1) is 0 Å². The third-order valence-corrected chi connectivity index (χ3v) is 10.2. The van der Waals surface area contributed by atoms with Gasteiger partial charge in [-0.3, -0.25) is 4.79 Å². The zero-order chi connectivity index (χ0) is 35.7. The topological polar surface area (TPSA) is 69.6 Å². The largest absolute Gasteiger partial charge is 0.394 e. The molecule has 0 aliphatic heterocycles. The highest BCUT2D eigenvalue weighted by Crippen LogP contribution is 2.16. The van der Waals surface area contributed by atoms with E-state index in [0.717, 1.165) is 32.1 Å². The predicted octanol–water partition coefficient (Wildman–Crippen LogP) is 13.6. The van der Waals surface area contributed by atoms with Crippen molar-refractivity contribution in [3.8, 4) is 0 Å². The van der Waals surface area contributed by atoms with E-state index >= 15 is 0 Å². The van der Waals surface area contributed by atoms with Gasteiger partial charge in [0.15, 0.2) is 0 Å². The fourth-order valence-corrected chi connectivity index (χ4v) is 6.78. The monoisotopic (exact) mass is 690 g/mol. The molecule has 49 heavy (non-hydrogen) atoms. The molecule has 0 bridgehead atoms. The molecular weight excluding hydrogens is 602 g/mol. The lowest BCUT2D eigenvalue weighted by Gasteiger charge is -2.19. The first-order chi connectivity index (χ1) is 24.2. The molecule has 0 saturated heterocycles. The second-order valence-electron chi connectivity index (χ2n) is 15.1. The molecule has 4 nitrogen and oxygen atoms in total. The number of aliphatic hydroxyl groups excluding tert-OH is 2. The molecule has 290 valence electrons. The van der Waals surface area contributed by atoms with E-state index in [9.17, 15) is 15.0 Å². The maximum absolute atomic E-state index is 12.4. The molecule has 0 heterocycles. The predicted molar refractivity (Wildman–Crippen MR) is 216 cm³/mol. The minimum Gasteiger partial charge on any atom is -0.394 e. The Morgan fingerprint density at radius 1 is 0.469 bits per heavy atom. The number of carbonyl (C=O) groups is 1. The minimum absolute atomic E-state index is 0.0711. The van der Waals surface area contributed by atoms with Crippen LogP contribution in [0.5, 0.6) is 0 Å². The highest BCUT2D eigenvalue weighted by molar-refractivity contribution is 5.76. The molecule has 0 aromatic carbocycles. The van der Waals surface area contributed by atoms with Gasteiger partial charge in [0.2, 0.25) is 5.91 Å². The Kier molecular flexibility index (Phi) is 40.3. The number of allylic oxidation sites excluding steroid dienone is 3. The van der Waals surface area contributed by atoms with Gasteiger partial charge in [-0.2, -0.15) is 0 Å². The van der Waals surface area contributed by atoms with Crippen LogP contribution < -0.4 is 5.32 Å². The Bertz CT molecular complexity index is 705. The highest BCUT2D eigenvalue weighted by Gasteiger charge is 2.17. The summed E-state index contributed by atoms with van der Waals surface area (Å²) in [5.74, 6) is -0.0711. The molecule has 0 fully saturated rings. The Hall–Kier alpha value is -1.13. The van der Waals surface area contributed by atoms with E-state index in [0.29, 0.717) is 6.42 Å². The van der Waals surface area contributed by atoms with Crippen LogP contribution in [-0.4, -0.2) is 34.9 Å². The SMILES string of the molecule is CCCCCCCCCCCCCCCCCC/C=C/CC/C=C/C(O)C(CO)NC(=O)CCCCCCCCCCCCCCCCC. The quantitative estimate of drug-likeness (QED) is 0.0443. The summed E-state index contributed by atoms with van der Waals surface area (Å²) in [5.41, 5.74) is 0.